The Morgan fingerprint density at radius 3 is 2.39 bits per heavy atom. The van der Waals surface area contributed by atoms with Gasteiger partial charge in [0.05, 0.1) is 12.2 Å². The van der Waals surface area contributed by atoms with Gasteiger partial charge >= 0.3 is 11.9 Å². The van der Waals surface area contributed by atoms with Gasteiger partial charge in [0.25, 0.3) is 0 Å². The van der Waals surface area contributed by atoms with Crippen LogP contribution in [0, 0.1) is 39.4 Å². The van der Waals surface area contributed by atoms with Gasteiger partial charge in [0, 0.05) is 23.3 Å². The van der Waals surface area contributed by atoms with Gasteiger partial charge < -0.3 is 20.1 Å². The minimum Gasteiger partial charge on any atom is -0.478 e. The summed E-state index contributed by atoms with van der Waals surface area (Å²) in [7, 11) is 0. The minimum absolute atomic E-state index is 0.0589. The predicted molar refractivity (Wildman–Crippen MR) is 147 cm³/mol. The number of ether oxygens (including phenoxy) is 1. The topological polar surface area (TPSA) is 104 Å². The number of fused-ring (bicyclic) bond motifs is 5. The fourth-order valence-corrected chi connectivity index (χ4v) is 9.14. The zero-order valence-electron chi connectivity index (χ0n) is 24.5. The molecule has 9 unspecified atom stereocenters. The van der Waals surface area contributed by atoms with Gasteiger partial charge in [0.2, 0.25) is 0 Å². The lowest BCUT2D eigenvalue weighted by molar-refractivity contribution is -0.165. The highest BCUT2D eigenvalue weighted by Gasteiger charge is 2.66. The molecule has 38 heavy (non-hydrogen) atoms. The summed E-state index contributed by atoms with van der Waals surface area (Å²) >= 11 is 0. The summed E-state index contributed by atoms with van der Waals surface area (Å²) in [5.41, 5.74) is 1.97. The Morgan fingerprint density at radius 1 is 1.13 bits per heavy atom. The molecule has 0 saturated heterocycles. The van der Waals surface area contributed by atoms with Crippen LogP contribution in [-0.2, 0) is 14.3 Å². The first-order chi connectivity index (χ1) is 17.5. The Bertz CT molecular complexity index is 1080. The molecule has 4 aliphatic rings. The third-order valence-electron chi connectivity index (χ3n) is 11.9. The smallest absolute Gasteiger partial charge is 0.330 e. The maximum Gasteiger partial charge on any atom is 0.330 e. The molecule has 2 saturated carbocycles. The molecule has 3 N–H and O–H groups in total. The number of esters is 1. The number of hydrogen-bond acceptors (Lipinski definition) is 5. The molecule has 212 valence electrons. The number of aliphatic hydroxyl groups is 2. The molecule has 0 aromatic heterocycles. The maximum atomic E-state index is 11.8. The van der Waals surface area contributed by atoms with E-state index in [9.17, 15) is 24.9 Å². The van der Waals surface area contributed by atoms with Crippen molar-refractivity contribution in [3.63, 3.8) is 0 Å². The van der Waals surface area contributed by atoms with E-state index in [1.165, 1.54) is 18.1 Å². The first-order valence-corrected chi connectivity index (χ1v) is 14.4. The van der Waals surface area contributed by atoms with Gasteiger partial charge in [-0.1, -0.05) is 59.8 Å². The average molecular weight is 529 g/mol. The molecule has 0 spiro atoms. The third kappa shape index (κ3) is 4.13. The Labute approximate surface area is 228 Å². The van der Waals surface area contributed by atoms with Crippen LogP contribution in [-0.4, -0.2) is 45.6 Å². The van der Waals surface area contributed by atoms with Gasteiger partial charge in [-0.25, -0.2) is 4.79 Å². The predicted octanol–water partition coefficient (Wildman–Crippen LogP) is 5.83. The first kappa shape index (κ1) is 29.1. The number of carboxylic acids is 1. The van der Waals surface area contributed by atoms with Gasteiger partial charge in [-0.15, -0.1) is 0 Å². The SMILES string of the molecule is CC(=O)OC1CCC2(C)C3=CCC4(C)C(C(C)C(O)C/C=C(\C)C(=O)O)CC(O)C4(C)C3=CCC2C1(C)C. The summed E-state index contributed by atoms with van der Waals surface area (Å²) in [6.45, 7) is 16.4. The van der Waals surface area contributed by atoms with Crippen LogP contribution in [0.1, 0.15) is 93.9 Å². The molecule has 0 aliphatic heterocycles. The van der Waals surface area contributed by atoms with Crippen LogP contribution >= 0.6 is 0 Å². The van der Waals surface area contributed by atoms with Crippen molar-refractivity contribution in [2.75, 3.05) is 0 Å². The molecule has 6 nitrogen and oxygen atoms in total. The van der Waals surface area contributed by atoms with Gasteiger partial charge in [0.1, 0.15) is 6.10 Å². The lowest BCUT2D eigenvalue weighted by Crippen LogP contribution is -2.56. The number of aliphatic carboxylic acids is 1. The molecule has 0 heterocycles. The molecule has 6 heteroatoms. The molecular formula is C32H48O6. The number of carboxylic acid groups (broad SMARTS) is 1. The molecule has 0 aromatic rings. The van der Waals surface area contributed by atoms with Crippen molar-refractivity contribution in [2.45, 2.75) is 112 Å². The monoisotopic (exact) mass is 528 g/mol. The number of aliphatic hydroxyl groups excluding tert-OH is 2. The van der Waals surface area contributed by atoms with Crippen molar-refractivity contribution in [1.82, 2.24) is 0 Å². The number of hydrogen-bond donors (Lipinski definition) is 3. The van der Waals surface area contributed by atoms with Crippen LogP contribution in [0.5, 0.6) is 0 Å². The van der Waals surface area contributed by atoms with Crippen LogP contribution in [0.3, 0.4) is 0 Å². The molecule has 2 fully saturated rings. The molecule has 0 bridgehead atoms. The summed E-state index contributed by atoms with van der Waals surface area (Å²) in [6.07, 6.45) is 9.48. The molecule has 0 amide bonds. The number of allylic oxidation sites excluding steroid dienone is 3. The van der Waals surface area contributed by atoms with Crippen LogP contribution in [0.25, 0.3) is 0 Å². The number of carbonyl (C=O) groups excluding carboxylic acids is 1. The van der Waals surface area contributed by atoms with E-state index in [4.69, 9.17) is 4.74 Å². The van der Waals surface area contributed by atoms with Crippen molar-refractivity contribution in [3.8, 4) is 0 Å². The largest absolute Gasteiger partial charge is 0.478 e. The van der Waals surface area contributed by atoms with Crippen LogP contribution < -0.4 is 0 Å². The zero-order chi connectivity index (χ0) is 28.4. The maximum absolute atomic E-state index is 11.8. The van der Waals surface area contributed by atoms with E-state index in [-0.39, 0.29) is 45.7 Å². The second-order valence-electron chi connectivity index (χ2n) is 13.9. The highest BCUT2D eigenvalue weighted by atomic mass is 16.5. The highest BCUT2D eigenvalue weighted by molar-refractivity contribution is 5.85. The van der Waals surface area contributed by atoms with E-state index in [2.05, 4.69) is 46.8 Å². The molecule has 0 radical (unpaired) electrons. The van der Waals surface area contributed by atoms with E-state index >= 15 is 0 Å². The highest BCUT2D eigenvalue weighted by Crippen LogP contribution is 2.71. The van der Waals surface area contributed by atoms with Crippen LogP contribution in [0.15, 0.2) is 34.9 Å². The quantitative estimate of drug-likeness (QED) is 0.296. The first-order valence-electron chi connectivity index (χ1n) is 14.4. The fourth-order valence-electron chi connectivity index (χ4n) is 9.14. The van der Waals surface area contributed by atoms with Crippen LogP contribution in [0.4, 0.5) is 0 Å². The van der Waals surface area contributed by atoms with Crippen molar-refractivity contribution < 1.29 is 29.6 Å². The van der Waals surface area contributed by atoms with Gasteiger partial charge in [-0.05, 0) is 85.2 Å². The molecule has 4 aliphatic carbocycles. The van der Waals surface area contributed by atoms with Gasteiger partial charge in [0.15, 0.2) is 0 Å². The second-order valence-corrected chi connectivity index (χ2v) is 13.9. The van der Waals surface area contributed by atoms with Crippen molar-refractivity contribution in [1.29, 1.82) is 0 Å². The summed E-state index contributed by atoms with van der Waals surface area (Å²) in [5.74, 6) is -0.850. The zero-order valence-corrected chi connectivity index (χ0v) is 24.5. The second kappa shape index (κ2) is 9.62. The summed E-state index contributed by atoms with van der Waals surface area (Å²) in [4.78, 5) is 23.0. The molecule has 4 rings (SSSR count). The fraction of sp³-hybridized carbons (Fsp3) is 0.750. The normalized spacial score (nSPS) is 41.6. The Morgan fingerprint density at radius 2 is 1.79 bits per heavy atom. The summed E-state index contributed by atoms with van der Waals surface area (Å²) in [5, 5.41) is 32.0. The molecule has 9 atom stereocenters. The standard InChI is InChI=1S/C32H48O6/c1-18(28(36)37)9-11-24(34)19(2)23-17-26(35)32(8)22-10-12-25-29(4,5)27(38-20(3)33)14-15-30(25,6)21(22)13-16-31(23,32)7/h9-10,13,19,23-27,34-35H,11-12,14-17H2,1-8H3,(H,36,37)/b18-9+. The van der Waals surface area contributed by atoms with E-state index in [0.29, 0.717) is 18.8 Å². The Balaban J connectivity index is 1.67. The van der Waals surface area contributed by atoms with Crippen molar-refractivity contribution >= 4 is 11.9 Å². The number of carbonyl (C=O) groups is 2. The lowest BCUT2D eigenvalue weighted by atomic mass is 9.44. The summed E-state index contributed by atoms with van der Waals surface area (Å²) in [6, 6.07) is 0. The van der Waals surface area contributed by atoms with E-state index in [0.717, 1.165) is 25.7 Å². The van der Waals surface area contributed by atoms with Crippen LogP contribution in [0.2, 0.25) is 0 Å². The average Bonchev–Trinajstić information content (AvgIpc) is 3.04. The lowest BCUT2D eigenvalue weighted by Gasteiger charge is -2.61. The Hall–Kier alpha value is -1.92. The van der Waals surface area contributed by atoms with E-state index < -0.39 is 23.6 Å². The van der Waals surface area contributed by atoms with Gasteiger partial charge in [-0.3, -0.25) is 4.79 Å². The van der Waals surface area contributed by atoms with Crippen molar-refractivity contribution in [3.05, 3.63) is 34.9 Å². The van der Waals surface area contributed by atoms with E-state index in [1.807, 2.05) is 6.92 Å². The minimum atomic E-state index is -0.966. The van der Waals surface area contributed by atoms with E-state index in [1.54, 1.807) is 13.0 Å². The molecule has 0 aromatic carbocycles. The molecular weight excluding hydrogens is 480 g/mol. The third-order valence-corrected chi connectivity index (χ3v) is 11.9. The number of rotatable bonds is 6. The van der Waals surface area contributed by atoms with Gasteiger partial charge in [-0.2, -0.15) is 0 Å². The Kier molecular flexibility index (Phi) is 7.36. The van der Waals surface area contributed by atoms with Crippen molar-refractivity contribution in [2.24, 2.45) is 39.4 Å². The summed E-state index contributed by atoms with van der Waals surface area (Å²) < 4.78 is 5.79.